The van der Waals surface area contributed by atoms with Crippen LogP contribution >= 0.6 is 11.3 Å². The fraction of sp³-hybridized carbons (Fsp3) is 0.700. The van der Waals surface area contributed by atoms with Crippen LogP contribution in [0.3, 0.4) is 0 Å². The van der Waals surface area contributed by atoms with Gasteiger partial charge in [-0.25, -0.2) is 0 Å². The van der Waals surface area contributed by atoms with Gasteiger partial charge in [-0.3, -0.25) is 4.79 Å². The number of nitrogens with zero attached hydrogens (tertiary/aromatic N) is 2. The lowest BCUT2D eigenvalue weighted by atomic mass is 9.86. The quantitative estimate of drug-likeness (QED) is 0.893. The van der Waals surface area contributed by atoms with Gasteiger partial charge < -0.3 is 11.1 Å². The van der Waals surface area contributed by atoms with E-state index in [4.69, 9.17) is 5.73 Å². The van der Waals surface area contributed by atoms with Gasteiger partial charge in [0.05, 0.1) is 0 Å². The highest BCUT2D eigenvalue weighted by molar-refractivity contribution is 7.15. The highest BCUT2D eigenvalue weighted by atomic mass is 32.1. The largest absolute Gasteiger partial charge is 0.445 e. The van der Waals surface area contributed by atoms with Crippen LogP contribution in [0.1, 0.15) is 30.7 Å². The van der Waals surface area contributed by atoms with Gasteiger partial charge in [0.1, 0.15) is 0 Å². The molecule has 1 saturated carbocycles. The molecule has 19 heavy (non-hydrogen) atoms. The topological polar surface area (TPSA) is 80.9 Å². The molecule has 9 heteroatoms. The number of hydrogen-bond donors (Lipinski definition) is 2. The number of primary amides is 1. The van der Waals surface area contributed by atoms with Crippen LogP contribution in [-0.2, 0) is 11.0 Å². The Morgan fingerprint density at radius 2 is 1.89 bits per heavy atom. The normalized spacial score (nSPS) is 24.2. The summed E-state index contributed by atoms with van der Waals surface area (Å²) in [6, 6.07) is 0.0182. The van der Waals surface area contributed by atoms with Gasteiger partial charge in [-0.15, -0.1) is 10.2 Å². The Morgan fingerprint density at radius 1 is 1.26 bits per heavy atom. The Labute approximate surface area is 111 Å². The lowest BCUT2D eigenvalue weighted by Gasteiger charge is -2.26. The first-order chi connectivity index (χ1) is 8.86. The lowest BCUT2D eigenvalue weighted by molar-refractivity contribution is -0.138. The molecule has 0 bridgehead atoms. The van der Waals surface area contributed by atoms with Crippen molar-refractivity contribution in [2.45, 2.75) is 37.9 Å². The van der Waals surface area contributed by atoms with Crippen molar-refractivity contribution in [3.05, 3.63) is 5.01 Å². The molecule has 1 amide bonds. The van der Waals surface area contributed by atoms with E-state index in [9.17, 15) is 18.0 Å². The number of hydrogen-bond acceptors (Lipinski definition) is 5. The molecule has 3 N–H and O–H groups in total. The molecule has 1 aromatic heterocycles. The fourth-order valence-electron chi connectivity index (χ4n) is 2.09. The second kappa shape index (κ2) is 5.32. The van der Waals surface area contributed by atoms with Crippen LogP contribution in [0.2, 0.25) is 0 Å². The van der Waals surface area contributed by atoms with Crippen LogP contribution in [0.15, 0.2) is 0 Å². The number of alkyl halides is 3. The first-order valence-corrected chi connectivity index (χ1v) is 6.64. The zero-order valence-corrected chi connectivity index (χ0v) is 10.7. The number of nitrogens with one attached hydrogen (secondary N) is 1. The molecule has 1 aliphatic rings. The van der Waals surface area contributed by atoms with E-state index >= 15 is 0 Å². The van der Waals surface area contributed by atoms with E-state index in [0.29, 0.717) is 37.0 Å². The fourth-order valence-corrected chi connectivity index (χ4v) is 2.78. The number of rotatable bonds is 3. The summed E-state index contributed by atoms with van der Waals surface area (Å²) in [6.45, 7) is 0. The van der Waals surface area contributed by atoms with E-state index in [1.54, 1.807) is 0 Å². The molecule has 0 aromatic carbocycles. The molecule has 0 spiro atoms. The molecule has 1 aromatic rings. The number of halogens is 3. The summed E-state index contributed by atoms with van der Waals surface area (Å²) in [5, 5.41) is 8.71. The van der Waals surface area contributed by atoms with Gasteiger partial charge in [-0.1, -0.05) is 11.3 Å². The van der Waals surface area contributed by atoms with Crippen LogP contribution in [0, 0.1) is 5.92 Å². The van der Waals surface area contributed by atoms with E-state index in [0.717, 1.165) is 0 Å². The highest BCUT2D eigenvalue weighted by Gasteiger charge is 2.36. The van der Waals surface area contributed by atoms with E-state index in [1.807, 2.05) is 0 Å². The predicted molar refractivity (Wildman–Crippen MR) is 63.5 cm³/mol. The molecule has 0 saturated heterocycles. The number of carbonyl (C=O) groups excluding carboxylic acids is 1. The van der Waals surface area contributed by atoms with Crippen molar-refractivity contribution >= 4 is 22.4 Å². The molecular weight excluding hydrogens is 281 g/mol. The third-order valence-electron chi connectivity index (χ3n) is 3.12. The molecule has 0 aliphatic heterocycles. The second-order valence-corrected chi connectivity index (χ2v) is 5.48. The van der Waals surface area contributed by atoms with Gasteiger partial charge in [0, 0.05) is 12.0 Å². The zero-order valence-electron chi connectivity index (χ0n) is 9.91. The van der Waals surface area contributed by atoms with Gasteiger partial charge in [0.25, 0.3) is 0 Å². The monoisotopic (exact) mass is 294 g/mol. The summed E-state index contributed by atoms with van der Waals surface area (Å²) in [5.41, 5.74) is 5.21. The SMILES string of the molecule is NC(=O)C1CCC(Nc2nnc(C(F)(F)F)s2)CC1. The third-order valence-corrected chi connectivity index (χ3v) is 4.02. The maximum absolute atomic E-state index is 12.3. The Hall–Kier alpha value is -1.38. The lowest BCUT2D eigenvalue weighted by Crippen LogP contribution is -2.32. The van der Waals surface area contributed by atoms with Crippen molar-refractivity contribution in [1.82, 2.24) is 10.2 Å². The summed E-state index contributed by atoms with van der Waals surface area (Å²) in [6.07, 6.45) is -1.78. The van der Waals surface area contributed by atoms with Gasteiger partial charge in [-0.05, 0) is 25.7 Å². The first-order valence-electron chi connectivity index (χ1n) is 5.83. The number of amides is 1. The van der Waals surface area contributed by atoms with Crippen LogP contribution < -0.4 is 11.1 Å². The van der Waals surface area contributed by atoms with Crippen molar-refractivity contribution in [1.29, 1.82) is 0 Å². The number of nitrogens with two attached hydrogens (primary N) is 1. The Kier molecular flexibility index (Phi) is 3.93. The smallest absolute Gasteiger partial charge is 0.369 e. The minimum Gasteiger partial charge on any atom is -0.369 e. The van der Waals surface area contributed by atoms with Crippen LogP contribution in [-0.4, -0.2) is 22.1 Å². The molecule has 5 nitrogen and oxygen atoms in total. The molecule has 1 heterocycles. The molecule has 0 radical (unpaired) electrons. The molecule has 1 aliphatic carbocycles. The van der Waals surface area contributed by atoms with E-state index < -0.39 is 11.2 Å². The molecule has 1 fully saturated rings. The molecule has 0 atom stereocenters. The zero-order chi connectivity index (χ0) is 14.0. The van der Waals surface area contributed by atoms with Crippen LogP contribution in [0.4, 0.5) is 18.3 Å². The minimum absolute atomic E-state index is 0.0182. The average Bonchev–Trinajstić information content (AvgIpc) is 2.78. The Bertz CT molecular complexity index is 454. The van der Waals surface area contributed by atoms with Gasteiger partial charge >= 0.3 is 6.18 Å². The number of carbonyl (C=O) groups is 1. The molecule has 0 unspecified atom stereocenters. The Morgan fingerprint density at radius 3 is 2.37 bits per heavy atom. The predicted octanol–water partition coefficient (Wildman–Crippen LogP) is 2.01. The average molecular weight is 294 g/mol. The van der Waals surface area contributed by atoms with Crippen LogP contribution in [0.5, 0.6) is 0 Å². The standard InChI is InChI=1S/C10H13F3N4OS/c11-10(12,13)8-16-17-9(19-8)15-6-3-1-5(2-4-6)7(14)18/h5-6H,1-4H2,(H2,14,18)(H,15,17). The summed E-state index contributed by atoms with van der Waals surface area (Å²) in [4.78, 5) is 11.0. The van der Waals surface area contributed by atoms with Crippen molar-refractivity contribution < 1.29 is 18.0 Å². The van der Waals surface area contributed by atoms with Crippen LogP contribution in [0.25, 0.3) is 0 Å². The maximum Gasteiger partial charge on any atom is 0.445 e. The Balaban J connectivity index is 1.89. The van der Waals surface area contributed by atoms with Gasteiger partial charge in [0.2, 0.25) is 16.0 Å². The van der Waals surface area contributed by atoms with Gasteiger partial charge in [0.15, 0.2) is 0 Å². The number of anilines is 1. The molecular formula is C10H13F3N4OS. The van der Waals surface area contributed by atoms with Crippen molar-refractivity contribution in [2.24, 2.45) is 11.7 Å². The number of aromatic nitrogens is 2. The highest BCUT2D eigenvalue weighted by Crippen LogP contribution is 2.34. The molecule has 106 valence electrons. The van der Waals surface area contributed by atoms with Crippen molar-refractivity contribution in [2.75, 3.05) is 5.32 Å². The summed E-state index contributed by atoms with van der Waals surface area (Å²) >= 11 is 0.491. The summed E-state index contributed by atoms with van der Waals surface area (Å²) in [7, 11) is 0. The van der Waals surface area contributed by atoms with E-state index in [-0.39, 0.29) is 23.0 Å². The van der Waals surface area contributed by atoms with Crippen molar-refractivity contribution in [3.63, 3.8) is 0 Å². The first kappa shape index (κ1) is 14.0. The van der Waals surface area contributed by atoms with E-state index in [1.165, 1.54) is 0 Å². The third kappa shape index (κ3) is 3.55. The summed E-state index contributed by atoms with van der Waals surface area (Å²) in [5.74, 6) is -0.438. The van der Waals surface area contributed by atoms with E-state index in [2.05, 4.69) is 15.5 Å². The second-order valence-electron chi connectivity index (χ2n) is 4.51. The van der Waals surface area contributed by atoms with Gasteiger partial charge in [-0.2, -0.15) is 13.2 Å². The van der Waals surface area contributed by atoms with Crippen molar-refractivity contribution in [3.8, 4) is 0 Å². The molecule has 2 rings (SSSR count). The summed E-state index contributed by atoms with van der Waals surface area (Å²) < 4.78 is 37.0. The maximum atomic E-state index is 12.3. The minimum atomic E-state index is -4.46.